The van der Waals surface area contributed by atoms with Crippen LogP contribution in [0, 0.1) is 11.3 Å². The molecule has 0 aliphatic carbocycles. The first-order chi connectivity index (χ1) is 11.2. The molecule has 1 aliphatic heterocycles. The second-order valence-electron chi connectivity index (χ2n) is 4.98. The first-order valence-corrected chi connectivity index (χ1v) is 7.09. The van der Waals surface area contributed by atoms with E-state index in [-0.39, 0.29) is 12.7 Å². The highest BCUT2D eigenvalue weighted by atomic mass is 16.7. The molecule has 3 rings (SSSR count). The van der Waals surface area contributed by atoms with E-state index < -0.39 is 0 Å². The average Bonchev–Trinajstić information content (AvgIpc) is 3.06. The van der Waals surface area contributed by atoms with Gasteiger partial charge in [0.1, 0.15) is 0 Å². The van der Waals surface area contributed by atoms with Crippen LogP contribution in [0.1, 0.15) is 16.7 Å². The number of nitrogens with zero attached hydrogens (tertiary/aromatic N) is 1. The molecule has 0 bridgehead atoms. The number of carbonyl (C=O) groups is 1. The Bertz CT molecular complexity index is 806. The second-order valence-corrected chi connectivity index (χ2v) is 4.98. The van der Waals surface area contributed by atoms with Crippen molar-refractivity contribution in [2.45, 2.75) is 6.54 Å². The van der Waals surface area contributed by atoms with E-state index in [1.54, 1.807) is 24.3 Å². The summed E-state index contributed by atoms with van der Waals surface area (Å²) in [5.41, 5.74) is 2.32. The van der Waals surface area contributed by atoms with Crippen molar-refractivity contribution in [3.05, 3.63) is 65.2 Å². The lowest BCUT2D eigenvalue weighted by Gasteiger charge is -2.03. The Labute approximate surface area is 133 Å². The molecule has 0 spiro atoms. The number of hydrogen-bond acceptors (Lipinski definition) is 4. The number of nitrogens with one attached hydrogen (secondary N) is 1. The van der Waals surface area contributed by atoms with Crippen LogP contribution in [0.15, 0.2) is 48.5 Å². The van der Waals surface area contributed by atoms with Crippen molar-refractivity contribution in [1.29, 1.82) is 5.26 Å². The van der Waals surface area contributed by atoms with Crippen LogP contribution in [0.2, 0.25) is 0 Å². The third-order valence-electron chi connectivity index (χ3n) is 3.35. The van der Waals surface area contributed by atoms with Crippen molar-refractivity contribution in [3.8, 4) is 17.6 Å². The third kappa shape index (κ3) is 3.69. The van der Waals surface area contributed by atoms with Crippen LogP contribution in [0.4, 0.5) is 0 Å². The van der Waals surface area contributed by atoms with Crippen LogP contribution in [0.25, 0.3) is 6.08 Å². The van der Waals surface area contributed by atoms with Gasteiger partial charge in [0.15, 0.2) is 11.5 Å². The van der Waals surface area contributed by atoms with Gasteiger partial charge in [0, 0.05) is 12.6 Å². The zero-order valence-corrected chi connectivity index (χ0v) is 12.3. The number of carbonyl (C=O) groups excluding carboxylic acids is 1. The molecule has 1 aliphatic rings. The summed E-state index contributed by atoms with van der Waals surface area (Å²) in [4.78, 5) is 11.9. The van der Waals surface area contributed by atoms with Gasteiger partial charge in [0.05, 0.1) is 11.6 Å². The second kappa shape index (κ2) is 6.67. The lowest BCUT2D eigenvalue weighted by molar-refractivity contribution is -0.116. The highest BCUT2D eigenvalue weighted by Crippen LogP contribution is 2.32. The maximum absolute atomic E-state index is 11.9. The molecule has 5 heteroatoms. The van der Waals surface area contributed by atoms with Crippen molar-refractivity contribution in [2.75, 3.05) is 6.79 Å². The minimum Gasteiger partial charge on any atom is -0.454 e. The summed E-state index contributed by atoms with van der Waals surface area (Å²) in [6.45, 7) is 0.602. The molecule has 2 aromatic rings. The SMILES string of the molecule is N#Cc1cccc(CNC(=O)/C=C/c2ccc3c(c2)OCO3)c1. The maximum Gasteiger partial charge on any atom is 0.244 e. The highest BCUT2D eigenvalue weighted by Gasteiger charge is 2.12. The van der Waals surface area contributed by atoms with E-state index in [0.717, 1.165) is 11.1 Å². The highest BCUT2D eigenvalue weighted by molar-refractivity contribution is 5.91. The Kier molecular flexibility index (Phi) is 4.25. The van der Waals surface area contributed by atoms with Crippen LogP contribution < -0.4 is 14.8 Å². The topological polar surface area (TPSA) is 71.4 Å². The minimum atomic E-state index is -0.204. The van der Waals surface area contributed by atoms with Crippen molar-refractivity contribution < 1.29 is 14.3 Å². The molecular weight excluding hydrogens is 292 g/mol. The quantitative estimate of drug-likeness (QED) is 0.881. The Hall–Kier alpha value is -3.26. The van der Waals surface area contributed by atoms with Gasteiger partial charge in [-0.05, 0) is 41.5 Å². The summed E-state index contributed by atoms with van der Waals surface area (Å²) < 4.78 is 10.5. The Morgan fingerprint density at radius 2 is 2.09 bits per heavy atom. The third-order valence-corrected chi connectivity index (χ3v) is 3.35. The van der Waals surface area contributed by atoms with E-state index in [4.69, 9.17) is 14.7 Å². The number of hydrogen-bond donors (Lipinski definition) is 1. The van der Waals surface area contributed by atoms with E-state index in [9.17, 15) is 4.79 Å². The molecule has 1 N–H and O–H groups in total. The fourth-order valence-electron chi connectivity index (χ4n) is 2.19. The molecule has 5 nitrogen and oxygen atoms in total. The normalized spacial score (nSPS) is 12.1. The van der Waals surface area contributed by atoms with E-state index in [1.165, 1.54) is 6.08 Å². The van der Waals surface area contributed by atoms with Crippen molar-refractivity contribution >= 4 is 12.0 Å². The van der Waals surface area contributed by atoms with E-state index in [0.29, 0.717) is 23.6 Å². The van der Waals surface area contributed by atoms with Gasteiger partial charge in [0.2, 0.25) is 12.7 Å². The van der Waals surface area contributed by atoms with Crippen molar-refractivity contribution in [3.63, 3.8) is 0 Å². The van der Waals surface area contributed by atoms with Crippen molar-refractivity contribution in [1.82, 2.24) is 5.32 Å². The lowest BCUT2D eigenvalue weighted by Crippen LogP contribution is -2.20. The zero-order valence-electron chi connectivity index (χ0n) is 12.3. The van der Waals surface area contributed by atoms with Gasteiger partial charge in [-0.25, -0.2) is 0 Å². The number of rotatable bonds is 4. The van der Waals surface area contributed by atoms with Gasteiger partial charge in [-0.1, -0.05) is 18.2 Å². The van der Waals surface area contributed by atoms with Gasteiger partial charge in [0.25, 0.3) is 0 Å². The van der Waals surface area contributed by atoms with E-state index >= 15 is 0 Å². The van der Waals surface area contributed by atoms with Gasteiger partial charge >= 0.3 is 0 Å². The number of amides is 1. The van der Waals surface area contributed by atoms with Crippen LogP contribution >= 0.6 is 0 Å². The summed E-state index contributed by atoms with van der Waals surface area (Å²) >= 11 is 0. The van der Waals surface area contributed by atoms with Gasteiger partial charge < -0.3 is 14.8 Å². The molecule has 23 heavy (non-hydrogen) atoms. The first-order valence-electron chi connectivity index (χ1n) is 7.09. The molecule has 0 saturated carbocycles. The van der Waals surface area contributed by atoms with Gasteiger partial charge in [-0.3, -0.25) is 4.79 Å². The van der Waals surface area contributed by atoms with Crippen molar-refractivity contribution in [2.24, 2.45) is 0 Å². The zero-order chi connectivity index (χ0) is 16.1. The number of nitriles is 1. The predicted octanol–water partition coefficient (Wildman–Crippen LogP) is 2.62. The molecule has 114 valence electrons. The standard InChI is InChI=1S/C18H14N2O3/c19-10-14-2-1-3-15(8-14)11-20-18(21)7-5-13-4-6-16-17(9-13)23-12-22-16/h1-9H,11-12H2,(H,20,21)/b7-5+. The number of fused-ring (bicyclic) bond motifs is 1. The molecule has 2 aromatic carbocycles. The Morgan fingerprint density at radius 3 is 2.96 bits per heavy atom. The number of benzene rings is 2. The van der Waals surface area contributed by atoms with Gasteiger partial charge in [-0.2, -0.15) is 5.26 Å². The Morgan fingerprint density at radius 1 is 1.22 bits per heavy atom. The minimum absolute atomic E-state index is 0.204. The Balaban J connectivity index is 1.57. The molecule has 1 heterocycles. The summed E-state index contributed by atoms with van der Waals surface area (Å²) in [5, 5.41) is 11.6. The largest absolute Gasteiger partial charge is 0.454 e. The average molecular weight is 306 g/mol. The van der Waals surface area contributed by atoms with Crippen LogP contribution in [-0.2, 0) is 11.3 Å². The maximum atomic E-state index is 11.9. The fraction of sp³-hybridized carbons (Fsp3) is 0.111. The molecular formula is C18H14N2O3. The number of ether oxygens (including phenoxy) is 2. The summed E-state index contributed by atoms with van der Waals surface area (Å²) in [6.07, 6.45) is 3.18. The molecule has 0 unspecified atom stereocenters. The van der Waals surface area contributed by atoms with E-state index in [2.05, 4.69) is 11.4 Å². The molecule has 1 amide bonds. The lowest BCUT2D eigenvalue weighted by atomic mass is 10.1. The molecule has 0 fully saturated rings. The molecule has 0 saturated heterocycles. The molecule has 0 atom stereocenters. The van der Waals surface area contributed by atoms with Crippen LogP contribution in [0.5, 0.6) is 11.5 Å². The predicted molar refractivity (Wildman–Crippen MR) is 84.6 cm³/mol. The van der Waals surface area contributed by atoms with Crippen LogP contribution in [-0.4, -0.2) is 12.7 Å². The monoisotopic (exact) mass is 306 g/mol. The molecule has 0 radical (unpaired) electrons. The summed E-state index contributed by atoms with van der Waals surface area (Å²) in [5.74, 6) is 1.19. The van der Waals surface area contributed by atoms with E-state index in [1.807, 2.05) is 24.3 Å². The first kappa shape index (κ1) is 14.7. The summed E-state index contributed by atoms with van der Waals surface area (Å²) in [6, 6.07) is 14.7. The smallest absolute Gasteiger partial charge is 0.244 e. The fourth-order valence-corrected chi connectivity index (χ4v) is 2.19. The summed E-state index contributed by atoms with van der Waals surface area (Å²) in [7, 11) is 0. The van der Waals surface area contributed by atoms with Gasteiger partial charge in [-0.15, -0.1) is 0 Å². The van der Waals surface area contributed by atoms with Crippen LogP contribution in [0.3, 0.4) is 0 Å². The molecule has 0 aromatic heterocycles.